The SMILES string of the molecule is O=CC1CCN(c2ccc(C(=O)OCc3ccccc3)c(Cc3ccccc3)n2)CC1. The van der Waals surface area contributed by atoms with Gasteiger partial charge in [-0.3, -0.25) is 0 Å². The molecule has 158 valence electrons. The first kappa shape index (κ1) is 20.8. The number of esters is 1. The molecular weight excluding hydrogens is 388 g/mol. The number of carbonyl (C=O) groups is 2. The molecule has 0 amide bonds. The number of benzene rings is 2. The Labute approximate surface area is 182 Å². The van der Waals surface area contributed by atoms with E-state index < -0.39 is 0 Å². The predicted octanol–water partition coefficient (Wildman–Crippen LogP) is 4.44. The largest absolute Gasteiger partial charge is 0.457 e. The highest BCUT2D eigenvalue weighted by molar-refractivity contribution is 5.91. The molecule has 2 heterocycles. The minimum absolute atomic E-state index is 0.132. The molecule has 3 aromatic rings. The third kappa shape index (κ3) is 5.37. The van der Waals surface area contributed by atoms with E-state index >= 15 is 0 Å². The quantitative estimate of drug-likeness (QED) is 0.422. The van der Waals surface area contributed by atoms with E-state index in [0.717, 1.165) is 49.2 Å². The van der Waals surface area contributed by atoms with Crippen molar-refractivity contribution in [2.24, 2.45) is 5.92 Å². The van der Waals surface area contributed by atoms with E-state index in [1.54, 1.807) is 0 Å². The number of carbonyl (C=O) groups excluding carboxylic acids is 2. The Bertz CT molecular complexity index is 1010. The summed E-state index contributed by atoms with van der Waals surface area (Å²) >= 11 is 0. The minimum Gasteiger partial charge on any atom is -0.457 e. The normalized spacial score (nSPS) is 14.3. The van der Waals surface area contributed by atoms with Crippen LogP contribution in [0.1, 0.15) is 40.0 Å². The van der Waals surface area contributed by atoms with Gasteiger partial charge in [0, 0.05) is 25.4 Å². The topological polar surface area (TPSA) is 59.5 Å². The number of pyridine rings is 1. The van der Waals surface area contributed by atoms with Crippen molar-refractivity contribution in [1.82, 2.24) is 4.98 Å². The van der Waals surface area contributed by atoms with Gasteiger partial charge >= 0.3 is 5.97 Å². The monoisotopic (exact) mass is 414 g/mol. The van der Waals surface area contributed by atoms with Gasteiger partial charge in [-0.2, -0.15) is 0 Å². The highest BCUT2D eigenvalue weighted by Gasteiger charge is 2.22. The van der Waals surface area contributed by atoms with Gasteiger partial charge < -0.3 is 14.4 Å². The van der Waals surface area contributed by atoms with Crippen molar-refractivity contribution < 1.29 is 14.3 Å². The van der Waals surface area contributed by atoms with Gasteiger partial charge in [0.15, 0.2) is 0 Å². The van der Waals surface area contributed by atoms with Crippen LogP contribution in [0.4, 0.5) is 5.82 Å². The van der Waals surface area contributed by atoms with Crippen LogP contribution in [0.3, 0.4) is 0 Å². The van der Waals surface area contributed by atoms with Crippen molar-refractivity contribution in [3.63, 3.8) is 0 Å². The van der Waals surface area contributed by atoms with Crippen LogP contribution in [-0.4, -0.2) is 30.3 Å². The molecule has 4 rings (SSSR count). The molecule has 5 heteroatoms. The molecular formula is C26H26N2O3. The summed E-state index contributed by atoms with van der Waals surface area (Å²) in [6.45, 7) is 1.81. The second kappa shape index (κ2) is 10.0. The Hall–Kier alpha value is -3.47. The number of piperidine rings is 1. The van der Waals surface area contributed by atoms with E-state index in [4.69, 9.17) is 9.72 Å². The third-order valence-corrected chi connectivity index (χ3v) is 5.66. The summed E-state index contributed by atoms with van der Waals surface area (Å²) in [4.78, 5) is 31.0. The van der Waals surface area contributed by atoms with E-state index in [0.29, 0.717) is 17.7 Å². The number of nitrogens with zero attached hydrogens (tertiary/aromatic N) is 2. The minimum atomic E-state index is -0.367. The molecule has 1 saturated heterocycles. The number of hydrogen-bond acceptors (Lipinski definition) is 5. The van der Waals surface area contributed by atoms with Crippen molar-refractivity contribution in [2.75, 3.05) is 18.0 Å². The predicted molar refractivity (Wildman–Crippen MR) is 120 cm³/mol. The summed E-state index contributed by atoms with van der Waals surface area (Å²) in [7, 11) is 0. The molecule has 0 atom stereocenters. The zero-order chi connectivity index (χ0) is 21.5. The van der Waals surface area contributed by atoms with Gasteiger partial charge in [-0.25, -0.2) is 9.78 Å². The maximum absolute atomic E-state index is 12.9. The maximum Gasteiger partial charge on any atom is 0.340 e. The second-order valence-corrected chi connectivity index (χ2v) is 7.85. The van der Waals surface area contributed by atoms with Crippen LogP contribution in [0.5, 0.6) is 0 Å². The lowest BCUT2D eigenvalue weighted by molar-refractivity contribution is -0.111. The average Bonchev–Trinajstić information content (AvgIpc) is 2.84. The molecule has 1 aliphatic rings. The molecule has 1 fully saturated rings. The van der Waals surface area contributed by atoms with Crippen molar-refractivity contribution in [1.29, 1.82) is 0 Å². The van der Waals surface area contributed by atoms with Gasteiger partial charge in [0.05, 0.1) is 11.3 Å². The standard InChI is InChI=1S/C26H26N2O3/c29-18-21-13-15-28(16-14-21)25-12-11-23(24(27-25)17-20-7-3-1-4-8-20)26(30)31-19-22-9-5-2-6-10-22/h1-12,18,21H,13-17,19H2. The average molecular weight is 415 g/mol. The number of aromatic nitrogens is 1. The van der Waals surface area contributed by atoms with E-state index in [1.807, 2.05) is 72.8 Å². The Kier molecular flexibility index (Phi) is 6.72. The maximum atomic E-state index is 12.9. The summed E-state index contributed by atoms with van der Waals surface area (Å²) in [6, 6.07) is 23.4. The summed E-state index contributed by atoms with van der Waals surface area (Å²) < 4.78 is 5.58. The number of anilines is 1. The summed E-state index contributed by atoms with van der Waals surface area (Å²) in [5, 5.41) is 0. The number of aldehydes is 1. The number of ether oxygens (including phenoxy) is 1. The van der Waals surface area contributed by atoms with Crippen LogP contribution in [0.25, 0.3) is 0 Å². The van der Waals surface area contributed by atoms with Gasteiger partial charge in [0.2, 0.25) is 0 Å². The Morgan fingerprint density at radius 1 is 0.935 bits per heavy atom. The number of hydrogen-bond donors (Lipinski definition) is 0. The van der Waals surface area contributed by atoms with Gasteiger partial charge in [0.25, 0.3) is 0 Å². The highest BCUT2D eigenvalue weighted by atomic mass is 16.5. The molecule has 2 aromatic carbocycles. The Balaban J connectivity index is 1.56. The first-order chi connectivity index (χ1) is 15.2. The summed E-state index contributed by atoms with van der Waals surface area (Å²) in [6.07, 6.45) is 3.27. The molecule has 0 bridgehead atoms. The fourth-order valence-electron chi connectivity index (χ4n) is 3.84. The zero-order valence-electron chi connectivity index (χ0n) is 17.4. The molecule has 1 aromatic heterocycles. The lowest BCUT2D eigenvalue weighted by Gasteiger charge is -2.31. The Morgan fingerprint density at radius 2 is 1.58 bits per heavy atom. The van der Waals surface area contributed by atoms with E-state index in [1.165, 1.54) is 0 Å². The number of rotatable bonds is 7. The third-order valence-electron chi connectivity index (χ3n) is 5.66. The first-order valence-electron chi connectivity index (χ1n) is 10.7. The van der Waals surface area contributed by atoms with Crippen molar-refractivity contribution in [2.45, 2.75) is 25.9 Å². The fraction of sp³-hybridized carbons (Fsp3) is 0.269. The van der Waals surface area contributed by atoms with Crippen molar-refractivity contribution >= 4 is 18.1 Å². The highest BCUT2D eigenvalue weighted by Crippen LogP contribution is 2.24. The van der Waals surface area contributed by atoms with Crippen molar-refractivity contribution in [3.8, 4) is 0 Å². The van der Waals surface area contributed by atoms with Crippen LogP contribution in [0, 0.1) is 5.92 Å². The fourth-order valence-corrected chi connectivity index (χ4v) is 3.84. The first-order valence-corrected chi connectivity index (χ1v) is 10.7. The molecule has 0 saturated carbocycles. The van der Waals surface area contributed by atoms with Crippen LogP contribution >= 0.6 is 0 Å². The van der Waals surface area contributed by atoms with Gasteiger partial charge in [0.1, 0.15) is 18.7 Å². The molecule has 0 spiro atoms. The van der Waals surface area contributed by atoms with Crippen LogP contribution in [-0.2, 0) is 22.6 Å². The van der Waals surface area contributed by atoms with E-state index in [2.05, 4.69) is 4.90 Å². The van der Waals surface area contributed by atoms with Crippen LogP contribution in [0.2, 0.25) is 0 Å². The molecule has 0 aliphatic carbocycles. The molecule has 0 unspecified atom stereocenters. The molecule has 31 heavy (non-hydrogen) atoms. The lowest BCUT2D eigenvalue weighted by Crippen LogP contribution is -2.34. The molecule has 1 aliphatic heterocycles. The van der Waals surface area contributed by atoms with Gasteiger partial charge in [-0.1, -0.05) is 60.7 Å². The lowest BCUT2D eigenvalue weighted by atomic mass is 9.98. The van der Waals surface area contributed by atoms with Crippen LogP contribution in [0.15, 0.2) is 72.8 Å². The summed E-state index contributed by atoms with van der Waals surface area (Å²) in [5.41, 5.74) is 3.23. The Morgan fingerprint density at radius 3 is 2.23 bits per heavy atom. The van der Waals surface area contributed by atoms with Gasteiger partial charge in [-0.05, 0) is 36.1 Å². The van der Waals surface area contributed by atoms with Gasteiger partial charge in [-0.15, -0.1) is 0 Å². The molecule has 0 N–H and O–H groups in total. The summed E-state index contributed by atoms with van der Waals surface area (Å²) in [5.74, 6) is 0.607. The molecule has 5 nitrogen and oxygen atoms in total. The molecule has 0 radical (unpaired) electrons. The zero-order valence-corrected chi connectivity index (χ0v) is 17.4. The smallest absolute Gasteiger partial charge is 0.340 e. The second-order valence-electron chi connectivity index (χ2n) is 7.85. The van der Waals surface area contributed by atoms with E-state index in [-0.39, 0.29) is 18.5 Å². The van der Waals surface area contributed by atoms with E-state index in [9.17, 15) is 9.59 Å². The van der Waals surface area contributed by atoms with Crippen molar-refractivity contribution in [3.05, 3.63) is 95.2 Å². The van der Waals surface area contributed by atoms with Crippen LogP contribution < -0.4 is 4.90 Å².